The van der Waals surface area contributed by atoms with E-state index >= 15 is 0 Å². The molecule has 0 unspecified atom stereocenters. The summed E-state index contributed by atoms with van der Waals surface area (Å²) in [5, 5.41) is 5.26. The standard InChI is InChI=1S/2C15H11.C13H10.2ClH.Zr/c2*1-2-6-12(7-3-1)15-10-13-8-4-5-9-14(13)11-15;1-3-7-12(8-4-1)11-13-9-5-2-6-10-13;;;/h2*1-11H;1-10H;2*1H;/q2*-1;;;;+2/p-2. The van der Waals surface area contributed by atoms with Crippen molar-refractivity contribution >= 4 is 24.8 Å². The van der Waals surface area contributed by atoms with Crippen LogP contribution in [-0.4, -0.2) is 3.21 Å². The van der Waals surface area contributed by atoms with Gasteiger partial charge < -0.3 is 24.8 Å². The maximum Gasteiger partial charge on any atom is -0.0635 e. The summed E-state index contributed by atoms with van der Waals surface area (Å²) in [4.78, 5) is 0. The van der Waals surface area contributed by atoms with E-state index in [1.54, 1.807) is 0 Å². The van der Waals surface area contributed by atoms with Gasteiger partial charge in [-0.05, 0) is 0 Å². The number of rotatable bonds is 4. The molecule has 0 atom stereocenters. The van der Waals surface area contributed by atoms with Gasteiger partial charge >= 0.3 is 99.2 Å². The molecule has 0 saturated heterocycles. The van der Waals surface area contributed by atoms with Crippen molar-refractivity contribution in [1.82, 2.24) is 0 Å². The largest absolute Gasteiger partial charge is 0.145 e. The van der Waals surface area contributed by atoms with Crippen LogP contribution >= 0.6 is 0 Å². The van der Waals surface area contributed by atoms with Crippen molar-refractivity contribution in [3.8, 4) is 22.3 Å². The molecule has 0 fully saturated rings. The van der Waals surface area contributed by atoms with Gasteiger partial charge in [0.05, 0.1) is 0 Å². The first-order chi connectivity index (χ1) is 21.7. The first kappa shape index (κ1) is 34.7. The second kappa shape index (κ2) is 17.5. The third-order valence-corrected chi connectivity index (χ3v) is 8.99. The van der Waals surface area contributed by atoms with E-state index in [0.717, 1.165) is 0 Å². The normalized spacial score (nSPS) is 9.96. The Hall–Kier alpha value is -4.13. The Bertz CT molecular complexity index is 1840. The summed E-state index contributed by atoms with van der Waals surface area (Å²) in [6.45, 7) is 0. The Kier molecular flexibility index (Phi) is 13.2. The van der Waals surface area contributed by atoms with Crippen LogP contribution in [0.25, 0.3) is 43.8 Å². The number of hydrogen-bond acceptors (Lipinski definition) is 0. The summed E-state index contributed by atoms with van der Waals surface area (Å²) in [6, 6.07) is 68.0. The Morgan fingerprint density at radius 3 is 1.02 bits per heavy atom. The molecule has 3 heteroatoms. The quantitative estimate of drug-likeness (QED) is 0.219. The molecule has 0 bridgehead atoms. The van der Waals surface area contributed by atoms with Gasteiger partial charge in [-0.15, -0.1) is 69.1 Å². The average Bonchev–Trinajstić information content (AvgIpc) is 3.75. The van der Waals surface area contributed by atoms with Gasteiger partial charge in [0.15, 0.2) is 0 Å². The third-order valence-electron chi connectivity index (χ3n) is 7.58. The third kappa shape index (κ3) is 8.99. The van der Waals surface area contributed by atoms with Crippen molar-refractivity contribution in [2.45, 2.75) is 0 Å². The van der Waals surface area contributed by atoms with E-state index in [-0.39, 0.29) is 24.8 Å². The van der Waals surface area contributed by atoms with Crippen molar-refractivity contribution in [2.24, 2.45) is 0 Å². The first-order valence-corrected chi connectivity index (χ1v) is 16.1. The van der Waals surface area contributed by atoms with Crippen LogP contribution in [0, 0.1) is 0 Å². The summed E-state index contributed by atoms with van der Waals surface area (Å²) in [5.41, 5.74) is 7.84. The molecule has 0 spiro atoms. The van der Waals surface area contributed by atoms with Crippen LogP contribution in [0.15, 0.2) is 194 Å². The zero-order chi connectivity index (χ0) is 30.0. The fourth-order valence-electron chi connectivity index (χ4n) is 5.27. The molecule has 46 heavy (non-hydrogen) atoms. The molecule has 0 aliphatic rings. The van der Waals surface area contributed by atoms with E-state index in [2.05, 4.69) is 182 Å². The van der Waals surface area contributed by atoms with Crippen LogP contribution in [-0.2, 0) is 24.2 Å². The number of halogens is 2. The van der Waals surface area contributed by atoms with E-state index in [1.807, 2.05) is 12.1 Å². The minimum Gasteiger partial charge on any atom is -0.145 e. The molecule has 0 aromatic heterocycles. The van der Waals surface area contributed by atoms with Crippen molar-refractivity contribution < 1.29 is 49.0 Å². The second-order valence-electron chi connectivity index (χ2n) is 10.6. The fourth-order valence-corrected chi connectivity index (χ4v) is 6.09. The molecule has 8 aromatic carbocycles. The predicted octanol–water partition coefficient (Wildman–Crippen LogP) is 5.26. The molecule has 8 rings (SSSR count). The molecule has 0 aliphatic heterocycles. The van der Waals surface area contributed by atoms with Crippen molar-refractivity contribution in [1.29, 1.82) is 0 Å². The van der Waals surface area contributed by atoms with Gasteiger partial charge in [-0.3, -0.25) is 0 Å². The average molecular weight is 711 g/mol. The molecule has 0 N–H and O–H groups in total. The fraction of sp³-hybridized carbons (Fsp3) is 0. The molecule has 0 amide bonds. The number of benzene rings is 6. The van der Waals surface area contributed by atoms with E-state index in [9.17, 15) is 0 Å². The monoisotopic (exact) mass is 708 g/mol. The minimum atomic E-state index is 0. The van der Waals surface area contributed by atoms with Crippen molar-refractivity contribution in [2.75, 3.05) is 0 Å². The van der Waals surface area contributed by atoms with Crippen molar-refractivity contribution in [3.63, 3.8) is 0 Å². The van der Waals surface area contributed by atoms with E-state index < -0.39 is 0 Å². The smallest absolute Gasteiger partial charge is 0.0635 e. The first-order valence-electron chi connectivity index (χ1n) is 14.9. The summed E-state index contributed by atoms with van der Waals surface area (Å²) >= 11 is 1.46. The summed E-state index contributed by atoms with van der Waals surface area (Å²) in [6.07, 6.45) is 0. The van der Waals surface area contributed by atoms with Gasteiger partial charge in [0, 0.05) is 0 Å². The second-order valence-corrected chi connectivity index (χ2v) is 11.8. The molecule has 0 aliphatic carbocycles. The predicted molar refractivity (Wildman–Crippen MR) is 186 cm³/mol. The SMILES string of the molecule is [Cl-].[Cl-].[Zr+2]=[C](c1ccccc1)c1ccccc1.c1ccc(-c2cc3ccccc3[cH-]2)cc1.c1ccc(-c2cc3ccccc3[cH-]2)cc1. The number of hydrogen-bond donors (Lipinski definition) is 0. The van der Waals surface area contributed by atoms with Gasteiger partial charge in [-0.25, -0.2) is 0 Å². The van der Waals surface area contributed by atoms with Crippen LogP contribution < -0.4 is 24.8 Å². The zero-order valence-electron chi connectivity index (χ0n) is 25.2. The van der Waals surface area contributed by atoms with Gasteiger partial charge in [0.1, 0.15) is 0 Å². The Morgan fingerprint density at radius 1 is 0.370 bits per heavy atom. The van der Waals surface area contributed by atoms with Gasteiger partial charge in [-0.2, -0.15) is 0 Å². The molecule has 0 heterocycles. The Labute approximate surface area is 299 Å². The molecular weight excluding hydrogens is 679 g/mol. The topological polar surface area (TPSA) is 0 Å². The molecule has 0 radical (unpaired) electrons. The summed E-state index contributed by atoms with van der Waals surface area (Å²) < 4.78 is 1.42. The number of fused-ring (bicyclic) bond motifs is 2. The van der Waals surface area contributed by atoms with Crippen LogP contribution in [0.2, 0.25) is 0 Å². The summed E-state index contributed by atoms with van der Waals surface area (Å²) in [7, 11) is 0. The molecule has 0 nitrogen and oxygen atoms in total. The zero-order valence-corrected chi connectivity index (χ0v) is 29.2. The van der Waals surface area contributed by atoms with Crippen LogP contribution in [0.1, 0.15) is 11.1 Å². The van der Waals surface area contributed by atoms with E-state index in [0.29, 0.717) is 0 Å². The molecule has 0 saturated carbocycles. The van der Waals surface area contributed by atoms with Crippen LogP contribution in [0.5, 0.6) is 0 Å². The molecular formula is C43H32Cl2Zr-2. The van der Waals surface area contributed by atoms with E-state index in [1.165, 1.54) is 82.4 Å². The van der Waals surface area contributed by atoms with Gasteiger partial charge in [0.2, 0.25) is 0 Å². The molecule has 224 valence electrons. The Balaban J connectivity index is 0.000000153. The van der Waals surface area contributed by atoms with Crippen molar-refractivity contribution in [3.05, 3.63) is 205 Å². The van der Waals surface area contributed by atoms with E-state index in [4.69, 9.17) is 0 Å². The Morgan fingerprint density at radius 2 is 0.674 bits per heavy atom. The minimum absolute atomic E-state index is 0. The van der Waals surface area contributed by atoms with Gasteiger partial charge in [0.25, 0.3) is 0 Å². The van der Waals surface area contributed by atoms with Crippen LogP contribution in [0.4, 0.5) is 0 Å². The van der Waals surface area contributed by atoms with Crippen LogP contribution in [0.3, 0.4) is 0 Å². The maximum atomic E-state index is 2.24. The summed E-state index contributed by atoms with van der Waals surface area (Å²) in [5.74, 6) is 0. The van der Waals surface area contributed by atoms with Gasteiger partial charge in [-0.1, -0.05) is 108 Å². The maximum absolute atomic E-state index is 2.24. The molecule has 8 aromatic rings.